The summed E-state index contributed by atoms with van der Waals surface area (Å²) in [6, 6.07) is 11.0. The molecule has 3 N–H and O–H groups in total. The molecule has 0 spiro atoms. The predicted molar refractivity (Wildman–Crippen MR) is 133 cm³/mol. The fraction of sp³-hybridized carbons (Fsp3) is 0.370. The van der Waals surface area contributed by atoms with Gasteiger partial charge in [-0.1, -0.05) is 18.2 Å². The molecule has 8 nitrogen and oxygen atoms in total. The summed E-state index contributed by atoms with van der Waals surface area (Å²) in [5, 5.41) is 3.17. The highest BCUT2D eigenvalue weighted by atomic mass is 16.5. The number of carbonyl (C=O) groups excluding carboxylic acids is 2. The van der Waals surface area contributed by atoms with Gasteiger partial charge in [-0.15, -0.1) is 0 Å². The van der Waals surface area contributed by atoms with Crippen LogP contribution in [0.1, 0.15) is 65.7 Å². The number of hydrogen-bond donors (Lipinski definition) is 2. The van der Waals surface area contributed by atoms with E-state index in [4.69, 9.17) is 15.2 Å². The van der Waals surface area contributed by atoms with E-state index in [9.17, 15) is 9.59 Å². The first-order valence-electron chi connectivity index (χ1n) is 12.2. The van der Waals surface area contributed by atoms with Crippen LogP contribution in [0, 0.1) is 0 Å². The van der Waals surface area contributed by atoms with Crippen LogP contribution < -0.4 is 20.5 Å². The monoisotopic (exact) mass is 474 g/mol. The van der Waals surface area contributed by atoms with E-state index in [0.717, 1.165) is 29.7 Å². The smallest absolute Gasteiger partial charge is 0.251 e. The van der Waals surface area contributed by atoms with Crippen molar-refractivity contribution in [2.45, 2.75) is 51.2 Å². The molecule has 2 unspecified atom stereocenters. The molecule has 8 heteroatoms. The molecule has 0 fully saturated rings. The Labute approximate surface area is 204 Å². The fourth-order valence-electron chi connectivity index (χ4n) is 4.80. The average Bonchev–Trinajstić information content (AvgIpc) is 2.85. The summed E-state index contributed by atoms with van der Waals surface area (Å²) < 4.78 is 11.6. The molecule has 4 aliphatic rings. The van der Waals surface area contributed by atoms with Gasteiger partial charge in [-0.05, 0) is 55.7 Å². The van der Waals surface area contributed by atoms with E-state index < -0.39 is 0 Å². The van der Waals surface area contributed by atoms with Crippen LogP contribution >= 0.6 is 0 Å². The van der Waals surface area contributed by atoms with Crippen LogP contribution in [0.15, 0.2) is 47.5 Å². The fourth-order valence-corrected chi connectivity index (χ4v) is 4.80. The van der Waals surface area contributed by atoms with Gasteiger partial charge in [0.2, 0.25) is 5.91 Å². The standard InChI is InChI=1S/C27H30N4O4/c1-2-34-23-10-8-18-14-19(23)16-31-25(32)15-20(29-27(31)28)6-4-3-5-17-7-9-24-21(13-17)22(11-12-35-24)30-26(18)33/h3,5,7-10,13-14,20,22H,2,4,6,11-12,15-16H2,1H3,(H2,28,29)(H,30,33)/b5-3-. The summed E-state index contributed by atoms with van der Waals surface area (Å²) in [4.78, 5) is 32.3. The molecular formula is C27H30N4O4. The number of rotatable bonds is 2. The van der Waals surface area contributed by atoms with Crippen LogP contribution in [0.2, 0.25) is 0 Å². The lowest BCUT2D eigenvalue weighted by Gasteiger charge is -2.30. The van der Waals surface area contributed by atoms with Gasteiger partial charge < -0.3 is 20.5 Å². The summed E-state index contributed by atoms with van der Waals surface area (Å²) >= 11 is 0. The van der Waals surface area contributed by atoms with Gasteiger partial charge in [0.1, 0.15) is 11.5 Å². The molecule has 0 radical (unpaired) electrons. The molecule has 0 saturated heterocycles. The second-order valence-corrected chi connectivity index (χ2v) is 9.02. The van der Waals surface area contributed by atoms with Crippen molar-refractivity contribution in [3.8, 4) is 11.5 Å². The minimum Gasteiger partial charge on any atom is -0.494 e. The molecule has 0 aliphatic carbocycles. The summed E-state index contributed by atoms with van der Waals surface area (Å²) in [5.41, 5.74) is 9.44. The number of hydrogen-bond acceptors (Lipinski definition) is 6. The Hall–Kier alpha value is -3.81. The van der Waals surface area contributed by atoms with Crippen molar-refractivity contribution in [3.63, 3.8) is 0 Å². The van der Waals surface area contributed by atoms with E-state index in [1.165, 1.54) is 4.90 Å². The third-order valence-electron chi connectivity index (χ3n) is 6.61. The second-order valence-electron chi connectivity index (χ2n) is 9.02. The summed E-state index contributed by atoms with van der Waals surface area (Å²) in [6.45, 7) is 3.10. The Morgan fingerprint density at radius 2 is 2.09 bits per heavy atom. The Balaban J connectivity index is 1.55. The highest BCUT2D eigenvalue weighted by Crippen LogP contribution is 2.34. The Morgan fingerprint density at radius 1 is 1.20 bits per heavy atom. The molecule has 0 saturated carbocycles. The number of aliphatic imine (C=N–C) groups is 1. The summed E-state index contributed by atoms with van der Waals surface area (Å²) in [5.74, 6) is 1.35. The van der Waals surface area contributed by atoms with Gasteiger partial charge in [-0.25, -0.2) is 4.99 Å². The van der Waals surface area contributed by atoms with Crippen LogP contribution in [0.5, 0.6) is 11.5 Å². The summed E-state index contributed by atoms with van der Waals surface area (Å²) in [7, 11) is 0. The molecule has 2 atom stereocenters. The minimum absolute atomic E-state index is 0.0765. The highest BCUT2D eigenvalue weighted by molar-refractivity contribution is 5.99. The van der Waals surface area contributed by atoms with Gasteiger partial charge in [-0.3, -0.25) is 14.5 Å². The van der Waals surface area contributed by atoms with Crippen molar-refractivity contribution in [1.82, 2.24) is 10.2 Å². The molecule has 2 aromatic rings. The zero-order chi connectivity index (χ0) is 24.4. The number of nitrogens with two attached hydrogens (primary N) is 1. The Kier molecular flexibility index (Phi) is 6.44. The number of nitrogens with one attached hydrogen (secondary N) is 1. The van der Waals surface area contributed by atoms with Gasteiger partial charge in [0.15, 0.2) is 5.96 Å². The first-order chi connectivity index (χ1) is 17.0. The van der Waals surface area contributed by atoms with Gasteiger partial charge in [0.05, 0.1) is 31.8 Å². The number of carbonyl (C=O) groups is 2. The van der Waals surface area contributed by atoms with Crippen LogP contribution in [0.25, 0.3) is 6.08 Å². The van der Waals surface area contributed by atoms with E-state index in [0.29, 0.717) is 42.9 Å². The number of allylic oxidation sites excluding steroid dienone is 1. The predicted octanol–water partition coefficient (Wildman–Crippen LogP) is 3.56. The molecule has 182 valence electrons. The molecule has 4 heterocycles. The van der Waals surface area contributed by atoms with E-state index in [1.807, 2.05) is 19.1 Å². The maximum Gasteiger partial charge on any atom is 0.251 e. The van der Waals surface area contributed by atoms with Crippen molar-refractivity contribution < 1.29 is 19.1 Å². The third-order valence-corrected chi connectivity index (χ3v) is 6.61. The molecule has 6 bridgehead atoms. The lowest BCUT2D eigenvalue weighted by atomic mass is 9.97. The van der Waals surface area contributed by atoms with Gasteiger partial charge in [-0.2, -0.15) is 0 Å². The van der Waals surface area contributed by atoms with E-state index in [-0.39, 0.29) is 36.4 Å². The van der Waals surface area contributed by atoms with Crippen molar-refractivity contribution in [3.05, 3.63) is 64.7 Å². The van der Waals surface area contributed by atoms with Crippen LogP contribution in [0.3, 0.4) is 0 Å². The number of amides is 2. The second kappa shape index (κ2) is 9.82. The van der Waals surface area contributed by atoms with E-state index in [1.54, 1.807) is 18.2 Å². The van der Waals surface area contributed by atoms with Gasteiger partial charge in [0, 0.05) is 29.5 Å². The normalized spacial score (nSPS) is 22.9. The minimum atomic E-state index is -0.194. The van der Waals surface area contributed by atoms with Crippen LogP contribution in [-0.2, 0) is 11.3 Å². The van der Waals surface area contributed by atoms with Gasteiger partial charge >= 0.3 is 0 Å². The highest BCUT2D eigenvalue weighted by Gasteiger charge is 2.29. The number of fused-ring (bicyclic) bond motifs is 4. The number of benzene rings is 2. The molecule has 2 amide bonds. The van der Waals surface area contributed by atoms with Crippen LogP contribution in [-0.4, -0.2) is 41.9 Å². The first kappa shape index (κ1) is 23.0. The van der Waals surface area contributed by atoms with Crippen LogP contribution in [0.4, 0.5) is 0 Å². The third kappa shape index (κ3) is 4.87. The maximum absolute atomic E-state index is 13.3. The zero-order valence-electron chi connectivity index (χ0n) is 19.8. The molecule has 35 heavy (non-hydrogen) atoms. The van der Waals surface area contributed by atoms with Crippen molar-refractivity contribution in [2.24, 2.45) is 10.7 Å². The van der Waals surface area contributed by atoms with Crippen molar-refractivity contribution >= 4 is 23.8 Å². The molecule has 0 aromatic heterocycles. The Bertz CT molecular complexity index is 1210. The Morgan fingerprint density at radius 3 is 2.91 bits per heavy atom. The molecule has 4 aliphatic heterocycles. The molecule has 6 rings (SSSR count). The zero-order valence-corrected chi connectivity index (χ0v) is 19.8. The topological polar surface area (TPSA) is 106 Å². The average molecular weight is 475 g/mol. The maximum atomic E-state index is 13.3. The van der Waals surface area contributed by atoms with Crippen molar-refractivity contribution in [2.75, 3.05) is 13.2 Å². The van der Waals surface area contributed by atoms with Gasteiger partial charge in [0.25, 0.3) is 5.91 Å². The largest absolute Gasteiger partial charge is 0.494 e. The summed E-state index contributed by atoms with van der Waals surface area (Å²) in [6.07, 6.45) is 6.65. The molecule has 2 aromatic carbocycles. The SMILES string of the molecule is CCOc1ccc2cc1CN1C(=O)CC(CC/C=C\c3ccc4c(c3)C(CCO4)NC2=O)N=C1N. The number of nitrogens with zero attached hydrogens (tertiary/aromatic N) is 2. The lowest BCUT2D eigenvalue weighted by Crippen LogP contribution is -2.46. The first-order valence-corrected chi connectivity index (χ1v) is 12.2. The number of guanidine groups is 1. The van der Waals surface area contributed by atoms with E-state index in [2.05, 4.69) is 28.5 Å². The lowest BCUT2D eigenvalue weighted by molar-refractivity contribution is -0.128. The quantitative estimate of drug-likeness (QED) is 0.692. The van der Waals surface area contributed by atoms with Crippen molar-refractivity contribution in [1.29, 1.82) is 0 Å². The van der Waals surface area contributed by atoms with E-state index >= 15 is 0 Å². The number of ether oxygens (including phenoxy) is 2. The molecular weight excluding hydrogens is 444 g/mol.